The van der Waals surface area contributed by atoms with Crippen LogP contribution in [-0.4, -0.2) is 47.9 Å². The number of benzene rings is 1. The van der Waals surface area contributed by atoms with Crippen LogP contribution in [0.4, 0.5) is 5.69 Å². The van der Waals surface area contributed by atoms with Crippen molar-refractivity contribution in [2.45, 2.75) is 56.0 Å². The molecule has 3 amide bonds. The van der Waals surface area contributed by atoms with Crippen molar-refractivity contribution in [2.75, 3.05) is 24.2 Å². The van der Waals surface area contributed by atoms with Gasteiger partial charge in [0, 0.05) is 47.3 Å². The van der Waals surface area contributed by atoms with Gasteiger partial charge in [0.05, 0.1) is 16.9 Å². The summed E-state index contributed by atoms with van der Waals surface area (Å²) in [6.07, 6.45) is 8.98. The molecule has 3 aromatic rings. The molecule has 216 valence electrons. The monoisotopic (exact) mass is 594 g/mol. The van der Waals surface area contributed by atoms with Gasteiger partial charge < -0.3 is 15.4 Å². The summed E-state index contributed by atoms with van der Waals surface area (Å²) in [6, 6.07) is 15.1. The van der Waals surface area contributed by atoms with Crippen LogP contribution in [0.1, 0.15) is 60.2 Å². The second-order valence-corrected chi connectivity index (χ2v) is 12.7. The fourth-order valence-corrected chi connectivity index (χ4v) is 7.84. The van der Waals surface area contributed by atoms with Crippen LogP contribution in [0.15, 0.2) is 60.9 Å². The topological polar surface area (TPSA) is 119 Å². The molecule has 2 saturated heterocycles. The first-order chi connectivity index (χ1) is 20.0. The summed E-state index contributed by atoms with van der Waals surface area (Å²) >= 11 is 3.52. The van der Waals surface area contributed by atoms with Gasteiger partial charge in [0.2, 0.25) is 11.8 Å². The molecule has 0 radical (unpaired) electrons. The van der Waals surface area contributed by atoms with Crippen LogP contribution in [0.2, 0.25) is 0 Å². The summed E-state index contributed by atoms with van der Waals surface area (Å²) in [5.74, 6) is 0.191. The summed E-state index contributed by atoms with van der Waals surface area (Å²) in [6.45, 7) is 0.505. The molecule has 2 aliphatic heterocycles. The fraction of sp³-hybridized carbons (Fsp3) is 0.400. The summed E-state index contributed by atoms with van der Waals surface area (Å²) in [4.78, 5) is 49.4. The zero-order valence-electron chi connectivity index (χ0n) is 22.7. The van der Waals surface area contributed by atoms with Crippen LogP contribution < -0.4 is 16.1 Å². The van der Waals surface area contributed by atoms with E-state index in [1.807, 2.05) is 36.0 Å². The van der Waals surface area contributed by atoms with E-state index in [-0.39, 0.29) is 35.3 Å². The predicted molar refractivity (Wildman–Crippen MR) is 160 cm³/mol. The normalized spacial score (nSPS) is 20.6. The average molecular weight is 595 g/mol. The number of aromatic nitrogens is 1. The minimum atomic E-state index is -0.374. The first-order valence-electron chi connectivity index (χ1n) is 13.9. The number of thioether (sulfide) groups is 1. The van der Waals surface area contributed by atoms with Gasteiger partial charge >= 0.3 is 0 Å². The van der Waals surface area contributed by atoms with Crippen molar-refractivity contribution < 1.29 is 24.0 Å². The molecule has 0 aliphatic carbocycles. The Morgan fingerprint density at radius 3 is 2.76 bits per heavy atom. The van der Waals surface area contributed by atoms with E-state index in [9.17, 15) is 14.4 Å². The van der Waals surface area contributed by atoms with E-state index in [2.05, 4.69) is 33.2 Å². The zero-order valence-corrected chi connectivity index (χ0v) is 24.4. The first-order valence-corrected chi connectivity index (χ1v) is 15.7. The largest absolute Gasteiger partial charge is 0.350 e. The summed E-state index contributed by atoms with van der Waals surface area (Å²) in [7, 11) is 0. The molecule has 1 aromatic carbocycles. The van der Waals surface area contributed by atoms with Gasteiger partial charge in [0.15, 0.2) is 6.29 Å². The van der Waals surface area contributed by atoms with Gasteiger partial charge in [0.25, 0.3) is 5.91 Å². The molecular formula is C30H34N4O5S2. The zero-order chi connectivity index (χ0) is 28.5. The van der Waals surface area contributed by atoms with Crippen LogP contribution in [-0.2, 0) is 23.9 Å². The Kier molecular flexibility index (Phi) is 10.0. The molecule has 1 unspecified atom stereocenters. The summed E-state index contributed by atoms with van der Waals surface area (Å²) in [5.41, 5.74) is 4.65. The van der Waals surface area contributed by atoms with Gasteiger partial charge in [-0.3, -0.25) is 19.4 Å². The molecule has 2 aromatic heterocycles. The summed E-state index contributed by atoms with van der Waals surface area (Å²) < 4.78 is 5.26. The lowest BCUT2D eigenvalue weighted by atomic mass is 9.94. The highest BCUT2D eigenvalue weighted by atomic mass is 32.2. The van der Waals surface area contributed by atoms with Crippen LogP contribution in [0.5, 0.6) is 0 Å². The highest BCUT2D eigenvalue weighted by Gasteiger charge is 2.38. The van der Waals surface area contributed by atoms with Crippen LogP contribution in [0, 0.1) is 0 Å². The third-order valence-electron chi connectivity index (χ3n) is 7.06. The van der Waals surface area contributed by atoms with Crippen LogP contribution >= 0.6 is 23.1 Å². The van der Waals surface area contributed by atoms with Crippen molar-refractivity contribution in [3.05, 3.63) is 71.4 Å². The molecular weight excluding hydrogens is 560 g/mol. The van der Waals surface area contributed by atoms with Gasteiger partial charge in [-0.15, -0.1) is 23.1 Å². The number of pyridine rings is 1. The van der Waals surface area contributed by atoms with Gasteiger partial charge in [-0.05, 0) is 73.4 Å². The molecule has 0 bridgehead atoms. The third-order valence-corrected chi connectivity index (χ3v) is 10.1. The van der Waals surface area contributed by atoms with E-state index < -0.39 is 0 Å². The van der Waals surface area contributed by atoms with Gasteiger partial charge in [-0.1, -0.05) is 18.6 Å². The van der Waals surface area contributed by atoms with Crippen molar-refractivity contribution in [3.63, 3.8) is 0 Å². The Balaban J connectivity index is 1.21. The molecule has 2 atom stereocenters. The number of carbonyl (C=O) groups excluding carboxylic acids is 3. The SMILES string of the molecule is O=C(C[C@]1(c2ccc(-c3cccc(NC(=O)CNC(=O)c4cccnc4)c3)s2)CCCCS1)NOC1CCCCO1. The highest BCUT2D eigenvalue weighted by Crippen LogP contribution is 2.51. The molecule has 5 rings (SSSR count). The van der Waals surface area contributed by atoms with Crippen molar-refractivity contribution in [3.8, 4) is 10.4 Å². The standard InChI is InChI=1S/C30H34N4O5S2/c35-26(34-39-28-10-1-3-15-38-28)18-30(13-2-4-16-40-30)25-12-11-24(41-25)21-7-5-9-23(17-21)33-27(36)20-32-29(37)22-8-6-14-31-19-22/h5-9,11-12,14,17,19,28H,1-4,10,13,15-16,18,20H2,(H,32,37)(H,33,36)(H,34,35)/t28?,30-/m0/s1. The maximum absolute atomic E-state index is 13.0. The van der Waals surface area contributed by atoms with Crippen molar-refractivity contribution >= 4 is 46.5 Å². The lowest BCUT2D eigenvalue weighted by molar-refractivity contribution is -0.200. The molecule has 4 heterocycles. The van der Waals surface area contributed by atoms with Crippen LogP contribution in [0.25, 0.3) is 10.4 Å². The van der Waals surface area contributed by atoms with Gasteiger partial charge in [-0.25, -0.2) is 10.3 Å². The molecule has 2 fully saturated rings. The number of nitrogens with zero attached hydrogens (tertiary/aromatic N) is 1. The number of rotatable bonds is 10. The van der Waals surface area contributed by atoms with Crippen LogP contribution in [0.3, 0.4) is 0 Å². The predicted octanol–water partition coefficient (Wildman–Crippen LogP) is 5.26. The Morgan fingerprint density at radius 1 is 1.05 bits per heavy atom. The first kappa shape index (κ1) is 29.2. The molecule has 3 N–H and O–H groups in total. The quantitative estimate of drug-likeness (QED) is 0.274. The molecule has 2 aliphatic rings. The van der Waals surface area contributed by atoms with E-state index in [0.29, 0.717) is 24.3 Å². The number of hydrogen-bond acceptors (Lipinski definition) is 8. The van der Waals surface area contributed by atoms with Crippen molar-refractivity contribution in [2.24, 2.45) is 0 Å². The Morgan fingerprint density at radius 2 is 1.98 bits per heavy atom. The van der Waals surface area contributed by atoms with E-state index in [1.165, 1.54) is 6.20 Å². The number of ether oxygens (including phenoxy) is 1. The van der Waals surface area contributed by atoms with E-state index in [0.717, 1.165) is 59.6 Å². The van der Waals surface area contributed by atoms with Gasteiger partial charge in [0.1, 0.15) is 0 Å². The van der Waals surface area contributed by atoms with Gasteiger partial charge in [-0.2, -0.15) is 0 Å². The summed E-state index contributed by atoms with van der Waals surface area (Å²) in [5, 5.41) is 5.47. The Hall–Kier alpha value is -3.25. The minimum Gasteiger partial charge on any atom is -0.350 e. The number of anilines is 1. The maximum atomic E-state index is 13.0. The van der Waals surface area contributed by atoms with Crippen molar-refractivity contribution in [1.29, 1.82) is 0 Å². The number of carbonyl (C=O) groups is 3. The number of hydroxylamine groups is 1. The van der Waals surface area contributed by atoms with E-state index in [4.69, 9.17) is 9.57 Å². The third kappa shape index (κ3) is 7.94. The second kappa shape index (κ2) is 14.1. The van der Waals surface area contributed by atoms with Crippen molar-refractivity contribution in [1.82, 2.24) is 15.8 Å². The molecule has 11 heteroatoms. The molecule has 41 heavy (non-hydrogen) atoms. The number of amides is 3. The highest BCUT2D eigenvalue weighted by molar-refractivity contribution is 8.00. The lowest BCUT2D eigenvalue weighted by Gasteiger charge is -2.35. The molecule has 0 spiro atoms. The fourth-order valence-electron chi connectivity index (χ4n) is 4.96. The maximum Gasteiger partial charge on any atom is 0.253 e. The Labute approximate surface area is 247 Å². The minimum absolute atomic E-state index is 0.135. The second-order valence-electron chi connectivity index (χ2n) is 10.1. The number of hydrogen-bond donors (Lipinski definition) is 3. The molecule has 9 nitrogen and oxygen atoms in total. The van der Waals surface area contributed by atoms with E-state index in [1.54, 1.807) is 29.7 Å². The Bertz CT molecular complexity index is 1340. The average Bonchev–Trinajstić information content (AvgIpc) is 3.52. The van der Waals surface area contributed by atoms with E-state index >= 15 is 0 Å². The lowest BCUT2D eigenvalue weighted by Crippen LogP contribution is -2.37. The smallest absolute Gasteiger partial charge is 0.253 e. The number of thiophene rings is 1. The molecule has 0 saturated carbocycles. The number of nitrogens with one attached hydrogen (secondary N) is 3.